The summed E-state index contributed by atoms with van der Waals surface area (Å²) >= 11 is 0. The van der Waals surface area contributed by atoms with Crippen molar-refractivity contribution in [2.45, 2.75) is 24.3 Å². The Morgan fingerprint density at radius 1 is 0.829 bits per heavy atom. The van der Waals surface area contributed by atoms with Crippen LogP contribution in [-0.2, 0) is 21.4 Å². The van der Waals surface area contributed by atoms with E-state index in [1.54, 1.807) is 0 Å². The molecule has 5 nitrogen and oxygen atoms in total. The fraction of sp³-hybridized carbons (Fsp3) is 0.200. The highest BCUT2D eigenvalue weighted by atomic mass is 16.2. The van der Waals surface area contributed by atoms with E-state index < -0.39 is 5.41 Å². The number of aromatic amines is 1. The van der Waals surface area contributed by atoms with Gasteiger partial charge in [0.1, 0.15) is 5.41 Å². The molecular weight excluding hydrogens is 434 g/mol. The molecule has 3 aliphatic rings. The number of fused-ring (bicyclic) bond motifs is 6. The number of rotatable bonds is 2. The predicted octanol–water partition coefficient (Wildman–Crippen LogP) is 4.61. The van der Waals surface area contributed by atoms with Crippen LogP contribution in [0.4, 0.5) is 0 Å². The summed E-state index contributed by atoms with van der Waals surface area (Å²) in [5.41, 5.74) is 5.23. The Morgan fingerprint density at radius 3 is 2.20 bits per heavy atom. The predicted molar refractivity (Wildman–Crippen MR) is 134 cm³/mol. The number of hydrogen-bond acceptors (Lipinski definition) is 3. The summed E-state index contributed by atoms with van der Waals surface area (Å²) < 4.78 is 0. The summed E-state index contributed by atoms with van der Waals surface area (Å²) in [6.07, 6.45) is 3.62. The first-order valence-corrected chi connectivity index (χ1v) is 12.2. The van der Waals surface area contributed by atoms with Crippen molar-refractivity contribution in [2.24, 2.45) is 5.92 Å². The van der Waals surface area contributed by atoms with Gasteiger partial charge in [-0.25, -0.2) is 0 Å². The minimum Gasteiger partial charge on any atom is -0.368 e. The van der Waals surface area contributed by atoms with Gasteiger partial charge in [0.05, 0.1) is 6.04 Å². The molecule has 3 aliphatic heterocycles. The normalized spacial score (nSPS) is 22.6. The average molecular weight is 460 g/mol. The number of aromatic nitrogens is 1. The molecule has 5 heteroatoms. The first kappa shape index (κ1) is 20.3. The number of nitrogens with zero attached hydrogens (tertiary/aromatic N) is 1. The summed E-state index contributed by atoms with van der Waals surface area (Å²) in [6.45, 7) is 0.848. The van der Waals surface area contributed by atoms with E-state index in [-0.39, 0.29) is 23.8 Å². The van der Waals surface area contributed by atoms with Crippen LogP contribution in [0, 0.1) is 5.92 Å². The van der Waals surface area contributed by atoms with Gasteiger partial charge < -0.3 is 9.88 Å². The number of nitrogens with one attached hydrogen (secondary N) is 2. The SMILES string of the molecule is O=C1NC(=O)C(c2ccccc2)(c2ccccc2)C2CC3c4[nH]c5ccccc5c4CCN3C=C12. The molecule has 1 aromatic heterocycles. The second kappa shape index (κ2) is 7.44. The zero-order chi connectivity index (χ0) is 23.6. The van der Waals surface area contributed by atoms with Crippen molar-refractivity contribution in [2.75, 3.05) is 6.54 Å². The average Bonchev–Trinajstić information content (AvgIpc) is 3.29. The Bertz CT molecular complexity index is 1460. The zero-order valence-electron chi connectivity index (χ0n) is 19.2. The van der Waals surface area contributed by atoms with Crippen molar-refractivity contribution < 1.29 is 9.59 Å². The molecule has 4 heterocycles. The number of imide groups is 1. The summed E-state index contributed by atoms with van der Waals surface area (Å²) in [4.78, 5) is 33.1. The highest BCUT2D eigenvalue weighted by molar-refractivity contribution is 6.13. The van der Waals surface area contributed by atoms with Gasteiger partial charge in [-0.3, -0.25) is 14.9 Å². The molecule has 35 heavy (non-hydrogen) atoms. The standard InChI is InChI=1S/C30H25N3O2/c34-28-23-18-33-16-15-22-21-13-7-8-14-25(21)31-27(22)26(33)17-24(23)30(29(35)32-28,19-9-3-1-4-10-19)20-11-5-2-6-12-20/h1-14,18,24,26,31H,15-17H2,(H,32,34,35). The Hall–Kier alpha value is -4.12. The maximum absolute atomic E-state index is 13.9. The summed E-state index contributed by atoms with van der Waals surface area (Å²) in [7, 11) is 0. The van der Waals surface area contributed by atoms with E-state index in [4.69, 9.17) is 0 Å². The van der Waals surface area contributed by atoms with E-state index in [0.29, 0.717) is 12.0 Å². The molecule has 0 aliphatic carbocycles. The number of para-hydroxylation sites is 1. The third kappa shape index (κ3) is 2.75. The zero-order valence-corrected chi connectivity index (χ0v) is 19.2. The molecule has 0 saturated carbocycles. The summed E-state index contributed by atoms with van der Waals surface area (Å²) in [5.74, 6) is -0.807. The topological polar surface area (TPSA) is 65.2 Å². The maximum atomic E-state index is 13.9. The third-order valence-electron chi connectivity index (χ3n) is 8.17. The second-order valence-electron chi connectivity index (χ2n) is 9.76. The maximum Gasteiger partial charge on any atom is 0.255 e. The van der Waals surface area contributed by atoms with Crippen LogP contribution in [0.15, 0.2) is 96.7 Å². The van der Waals surface area contributed by atoms with Gasteiger partial charge in [0.2, 0.25) is 5.91 Å². The monoisotopic (exact) mass is 459 g/mol. The Balaban J connectivity index is 1.46. The van der Waals surface area contributed by atoms with Crippen LogP contribution in [0.2, 0.25) is 0 Å². The van der Waals surface area contributed by atoms with Crippen molar-refractivity contribution >= 4 is 22.7 Å². The van der Waals surface area contributed by atoms with Gasteiger partial charge in [0.15, 0.2) is 0 Å². The molecule has 3 aromatic carbocycles. The molecule has 4 aromatic rings. The lowest BCUT2D eigenvalue weighted by Crippen LogP contribution is -2.60. The van der Waals surface area contributed by atoms with Gasteiger partial charge in [-0.2, -0.15) is 0 Å². The van der Waals surface area contributed by atoms with E-state index in [0.717, 1.165) is 29.6 Å². The number of benzene rings is 3. The fourth-order valence-corrected chi connectivity index (χ4v) is 6.66. The smallest absolute Gasteiger partial charge is 0.255 e. The van der Waals surface area contributed by atoms with Crippen molar-refractivity contribution in [3.63, 3.8) is 0 Å². The number of carbonyl (C=O) groups excluding carboxylic acids is 2. The number of H-pyrrole nitrogens is 1. The number of hydrogen-bond donors (Lipinski definition) is 2. The van der Waals surface area contributed by atoms with Gasteiger partial charge in [-0.15, -0.1) is 0 Å². The largest absolute Gasteiger partial charge is 0.368 e. The van der Waals surface area contributed by atoms with Crippen molar-refractivity contribution in [3.05, 3.63) is 119 Å². The van der Waals surface area contributed by atoms with Crippen LogP contribution in [-0.4, -0.2) is 28.2 Å². The molecule has 1 fully saturated rings. The highest BCUT2D eigenvalue weighted by Crippen LogP contribution is 2.53. The molecule has 2 atom stereocenters. The quantitative estimate of drug-likeness (QED) is 0.430. The number of carbonyl (C=O) groups is 2. The molecular formula is C30H25N3O2. The van der Waals surface area contributed by atoms with Gasteiger partial charge in [0, 0.05) is 40.8 Å². The van der Waals surface area contributed by atoms with Gasteiger partial charge in [-0.1, -0.05) is 78.9 Å². The van der Waals surface area contributed by atoms with E-state index in [9.17, 15) is 9.59 Å². The fourth-order valence-electron chi connectivity index (χ4n) is 6.66. The Kier molecular flexibility index (Phi) is 4.31. The van der Waals surface area contributed by atoms with Crippen LogP contribution in [0.25, 0.3) is 10.9 Å². The van der Waals surface area contributed by atoms with Crippen molar-refractivity contribution in [1.29, 1.82) is 0 Å². The lowest BCUT2D eigenvalue weighted by Gasteiger charge is -2.50. The van der Waals surface area contributed by atoms with Crippen molar-refractivity contribution in [3.8, 4) is 0 Å². The Morgan fingerprint density at radius 2 is 1.49 bits per heavy atom. The lowest BCUT2D eigenvalue weighted by molar-refractivity contribution is -0.136. The molecule has 1 saturated heterocycles. The highest BCUT2D eigenvalue weighted by Gasteiger charge is 2.57. The third-order valence-corrected chi connectivity index (χ3v) is 8.17. The van der Waals surface area contributed by atoms with Crippen LogP contribution < -0.4 is 5.32 Å². The van der Waals surface area contributed by atoms with Crippen LogP contribution in [0.1, 0.15) is 34.8 Å². The van der Waals surface area contributed by atoms with Crippen molar-refractivity contribution in [1.82, 2.24) is 15.2 Å². The first-order chi connectivity index (χ1) is 17.2. The number of piperidine rings is 1. The molecule has 2 unspecified atom stereocenters. The first-order valence-electron chi connectivity index (χ1n) is 12.2. The molecule has 172 valence electrons. The lowest BCUT2D eigenvalue weighted by atomic mass is 9.58. The van der Waals surface area contributed by atoms with Crippen LogP contribution in [0.5, 0.6) is 0 Å². The second-order valence-corrected chi connectivity index (χ2v) is 9.76. The molecule has 2 N–H and O–H groups in total. The van der Waals surface area contributed by atoms with E-state index in [2.05, 4.69) is 39.5 Å². The van der Waals surface area contributed by atoms with Crippen LogP contribution in [0.3, 0.4) is 0 Å². The van der Waals surface area contributed by atoms with E-state index in [1.807, 2.05) is 66.9 Å². The van der Waals surface area contributed by atoms with Gasteiger partial charge in [-0.05, 0) is 35.6 Å². The molecule has 0 radical (unpaired) electrons. The Labute approximate surface area is 203 Å². The minimum atomic E-state index is -0.988. The molecule has 7 rings (SSSR count). The van der Waals surface area contributed by atoms with Gasteiger partial charge in [0.25, 0.3) is 5.91 Å². The van der Waals surface area contributed by atoms with E-state index in [1.165, 1.54) is 16.6 Å². The number of amides is 2. The summed E-state index contributed by atoms with van der Waals surface area (Å²) in [6, 6.07) is 28.4. The molecule has 0 spiro atoms. The minimum absolute atomic E-state index is 0.0744. The molecule has 0 bridgehead atoms. The van der Waals surface area contributed by atoms with E-state index >= 15 is 0 Å². The summed E-state index contributed by atoms with van der Waals surface area (Å²) in [5, 5.41) is 3.99. The molecule has 2 amide bonds. The van der Waals surface area contributed by atoms with Crippen LogP contribution >= 0.6 is 0 Å². The van der Waals surface area contributed by atoms with Gasteiger partial charge >= 0.3 is 0 Å².